The number of nitrogens with two attached hydrogens (primary N) is 1. The van der Waals surface area contributed by atoms with E-state index in [0.717, 1.165) is 11.6 Å². The number of aryl methyl sites for hydroxylation is 1. The molecule has 156 valence electrons. The number of phenols is 1. The summed E-state index contributed by atoms with van der Waals surface area (Å²) in [6.07, 6.45) is 0. The first-order valence-corrected chi connectivity index (χ1v) is 10.7. The molecule has 0 aromatic heterocycles. The predicted octanol–water partition coefficient (Wildman–Crippen LogP) is 6.15. The highest BCUT2D eigenvalue weighted by Crippen LogP contribution is 2.38. The van der Waals surface area contributed by atoms with Gasteiger partial charge in [-0.15, -0.1) is 5.11 Å². The zero-order chi connectivity index (χ0) is 22.2. The Morgan fingerprint density at radius 2 is 1.48 bits per heavy atom. The van der Waals surface area contributed by atoms with Crippen LogP contribution in [-0.4, -0.2) is 18.1 Å². The van der Waals surface area contributed by atoms with Crippen molar-refractivity contribution >= 4 is 38.0 Å². The lowest BCUT2D eigenvalue weighted by Crippen LogP contribution is -1.98. The molecule has 0 bridgehead atoms. The number of anilines is 1. The number of nitrogens with zero attached hydrogens (tertiary/aromatic N) is 2. The summed E-state index contributed by atoms with van der Waals surface area (Å²) in [5.74, 6) is -0.365. The third-order valence-corrected chi connectivity index (χ3v) is 4.60. The zero-order valence-corrected chi connectivity index (χ0v) is 18.0. The van der Waals surface area contributed by atoms with E-state index in [-0.39, 0.29) is 16.8 Å². The first-order chi connectivity index (χ1) is 13.8. The van der Waals surface area contributed by atoms with Gasteiger partial charge in [-0.2, -0.15) is 13.5 Å². The van der Waals surface area contributed by atoms with Crippen LogP contribution in [0.25, 0.3) is 10.8 Å². The molecule has 0 fully saturated rings. The molecule has 3 rings (SSSR count). The minimum Gasteiger partial charge on any atom is -0.507 e. The maximum Gasteiger partial charge on any atom is 0.294 e. The average Bonchev–Trinajstić information content (AvgIpc) is 2.70. The van der Waals surface area contributed by atoms with Gasteiger partial charge in [0.2, 0.25) is 0 Å². The molecule has 0 heterocycles. The lowest BCUT2D eigenvalue weighted by atomic mass is 10.1. The van der Waals surface area contributed by atoms with Gasteiger partial charge in [0, 0.05) is 11.5 Å². The van der Waals surface area contributed by atoms with Gasteiger partial charge in [0.25, 0.3) is 10.1 Å². The van der Waals surface area contributed by atoms with Gasteiger partial charge in [-0.05, 0) is 36.1 Å². The lowest BCUT2D eigenvalue weighted by molar-refractivity contribution is 0.471. The summed E-state index contributed by atoms with van der Waals surface area (Å²) < 4.78 is 31.6. The quantitative estimate of drug-likeness (QED) is 0.268. The van der Waals surface area contributed by atoms with Crippen LogP contribution in [0.15, 0.2) is 63.7 Å². The SMILES string of the molecule is CC.CC.Cc1ccccc1N=Nc1ccc2cc(S(=O)(=O)O)cc(O)c2c1N. The highest BCUT2D eigenvalue weighted by atomic mass is 32.2. The smallest absolute Gasteiger partial charge is 0.294 e. The fourth-order valence-corrected chi connectivity index (χ4v) is 2.99. The van der Waals surface area contributed by atoms with Crippen molar-refractivity contribution in [2.24, 2.45) is 10.2 Å². The molecule has 0 aliphatic carbocycles. The van der Waals surface area contributed by atoms with Crippen LogP contribution < -0.4 is 5.73 Å². The van der Waals surface area contributed by atoms with Crippen LogP contribution in [0.1, 0.15) is 33.3 Å². The van der Waals surface area contributed by atoms with E-state index in [1.54, 1.807) is 12.1 Å². The maximum absolute atomic E-state index is 11.3. The molecule has 0 amide bonds. The number of rotatable bonds is 3. The van der Waals surface area contributed by atoms with Gasteiger partial charge in [-0.3, -0.25) is 4.55 Å². The van der Waals surface area contributed by atoms with Gasteiger partial charge in [-0.1, -0.05) is 52.0 Å². The Kier molecular flexibility index (Phi) is 8.75. The van der Waals surface area contributed by atoms with Gasteiger partial charge in [-0.25, -0.2) is 0 Å². The van der Waals surface area contributed by atoms with Crippen molar-refractivity contribution < 1.29 is 18.1 Å². The van der Waals surface area contributed by atoms with Crippen LogP contribution in [0.5, 0.6) is 5.75 Å². The first-order valence-electron chi connectivity index (χ1n) is 9.27. The summed E-state index contributed by atoms with van der Waals surface area (Å²) >= 11 is 0. The zero-order valence-electron chi connectivity index (χ0n) is 17.2. The van der Waals surface area contributed by atoms with Crippen molar-refractivity contribution in [2.45, 2.75) is 39.5 Å². The second-order valence-electron chi connectivity index (χ2n) is 5.50. The summed E-state index contributed by atoms with van der Waals surface area (Å²) in [6.45, 7) is 9.90. The standard InChI is InChI=1S/C17H15N3O4S.2C2H6/c1-10-4-2-3-5-13(10)19-20-14-7-6-11-8-12(25(22,23)24)9-15(21)16(11)17(14)18;2*1-2/h2-9,21H,18H2,1H3,(H,22,23,24);2*1-2H3. The molecule has 3 aromatic rings. The average molecular weight is 418 g/mol. The molecule has 0 saturated heterocycles. The van der Waals surface area contributed by atoms with Crippen LogP contribution in [-0.2, 0) is 10.1 Å². The molecule has 0 spiro atoms. The number of hydrogen-bond acceptors (Lipinski definition) is 6. The highest BCUT2D eigenvalue weighted by Gasteiger charge is 2.16. The van der Waals surface area contributed by atoms with Crippen molar-refractivity contribution in [3.8, 4) is 5.75 Å². The minimum atomic E-state index is -4.43. The maximum atomic E-state index is 11.3. The minimum absolute atomic E-state index is 0.161. The highest BCUT2D eigenvalue weighted by molar-refractivity contribution is 7.85. The monoisotopic (exact) mass is 417 g/mol. The second kappa shape index (κ2) is 10.5. The van der Waals surface area contributed by atoms with Crippen molar-refractivity contribution in [3.63, 3.8) is 0 Å². The molecule has 3 aromatic carbocycles. The predicted molar refractivity (Wildman–Crippen MR) is 118 cm³/mol. The number of aromatic hydroxyl groups is 1. The van der Waals surface area contributed by atoms with Crippen LogP contribution in [0.3, 0.4) is 0 Å². The van der Waals surface area contributed by atoms with Gasteiger partial charge >= 0.3 is 0 Å². The van der Waals surface area contributed by atoms with Crippen LogP contribution >= 0.6 is 0 Å². The number of benzene rings is 3. The lowest BCUT2D eigenvalue weighted by Gasteiger charge is -2.09. The van der Waals surface area contributed by atoms with E-state index in [0.29, 0.717) is 16.8 Å². The summed E-state index contributed by atoms with van der Waals surface area (Å²) in [4.78, 5) is -0.411. The summed E-state index contributed by atoms with van der Waals surface area (Å²) in [7, 11) is -4.43. The van der Waals surface area contributed by atoms with Crippen molar-refractivity contribution in [1.82, 2.24) is 0 Å². The Hall–Kier alpha value is -2.97. The van der Waals surface area contributed by atoms with E-state index in [4.69, 9.17) is 10.3 Å². The topological polar surface area (TPSA) is 125 Å². The molecule has 0 saturated carbocycles. The van der Waals surface area contributed by atoms with Gasteiger partial charge < -0.3 is 10.8 Å². The third-order valence-electron chi connectivity index (χ3n) is 3.77. The van der Waals surface area contributed by atoms with Gasteiger partial charge in [0.15, 0.2) is 0 Å². The number of nitrogen functional groups attached to an aromatic ring is 1. The van der Waals surface area contributed by atoms with E-state index in [2.05, 4.69) is 10.2 Å². The molecular weight excluding hydrogens is 390 g/mol. The summed E-state index contributed by atoms with van der Waals surface area (Å²) in [5.41, 5.74) is 8.19. The Labute approximate surface area is 171 Å². The Bertz CT molecular complexity index is 1110. The van der Waals surface area contributed by atoms with Crippen molar-refractivity contribution in [2.75, 3.05) is 5.73 Å². The Balaban J connectivity index is 0.000000989. The number of fused-ring (bicyclic) bond motifs is 1. The number of azo groups is 1. The van der Waals surface area contributed by atoms with Gasteiger partial charge in [0.1, 0.15) is 11.4 Å². The fourth-order valence-electron chi connectivity index (χ4n) is 2.45. The molecule has 0 aliphatic rings. The van der Waals surface area contributed by atoms with E-state index >= 15 is 0 Å². The molecule has 7 nitrogen and oxygen atoms in total. The summed E-state index contributed by atoms with van der Waals surface area (Å²) in [6, 6.07) is 12.7. The molecule has 29 heavy (non-hydrogen) atoms. The molecule has 0 atom stereocenters. The van der Waals surface area contributed by atoms with Crippen molar-refractivity contribution in [1.29, 1.82) is 0 Å². The van der Waals surface area contributed by atoms with E-state index in [1.807, 2.05) is 58.9 Å². The van der Waals surface area contributed by atoms with Crippen LogP contribution in [0.4, 0.5) is 17.1 Å². The number of phenolic OH excluding ortho intramolecular Hbond substituents is 1. The molecule has 0 aliphatic heterocycles. The third kappa shape index (κ3) is 5.75. The van der Waals surface area contributed by atoms with Crippen molar-refractivity contribution in [3.05, 3.63) is 54.1 Å². The molecular formula is C21H27N3O4S. The Morgan fingerprint density at radius 1 is 0.897 bits per heavy atom. The van der Waals surface area contributed by atoms with E-state index in [1.165, 1.54) is 6.07 Å². The first kappa shape index (κ1) is 24.1. The largest absolute Gasteiger partial charge is 0.507 e. The fraction of sp³-hybridized carbons (Fsp3) is 0.238. The molecule has 4 N–H and O–H groups in total. The summed E-state index contributed by atoms with van der Waals surface area (Å²) in [5, 5.41) is 19.0. The molecule has 8 heteroatoms. The van der Waals surface area contributed by atoms with E-state index < -0.39 is 15.0 Å². The second-order valence-corrected chi connectivity index (χ2v) is 6.92. The van der Waals surface area contributed by atoms with Crippen LogP contribution in [0.2, 0.25) is 0 Å². The van der Waals surface area contributed by atoms with E-state index in [9.17, 15) is 13.5 Å². The molecule has 0 unspecified atom stereocenters. The van der Waals surface area contributed by atoms with Gasteiger partial charge in [0.05, 0.1) is 16.3 Å². The Morgan fingerprint density at radius 3 is 2.07 bits per heavy atom. The molecule has 0 radical (unpaired) electrons. The van der Waals surface area contributed by atoms with Crippen LogP contribution in [0, 0.1) is 6.92 Å². The normalized spacial score (nSPS) is 10.8. The number of hydrogen-bond donors (Lipinski definition) is 3.